The fraction of sp³-hybridized carbons (Fsp3) is 0.435. The topological polar surface area (TPSA) is 78.4 Å². The van der Waals surface area contributed by atoms with Crippen LogP contribution in [0.2, 0.25) is 0 Å². The van der Waals surface area contributed by atoms with Crippen molar-refractivity contribution in [2.45, 2.75) is 32.2 Å². The number of aliphatic hydroxyl groups is 1. The molecule has 3 rings (SSSR count). The molecule has 7 nitrogen and oxygen atoms in total. The summed E-state index contributed by atoms with van der Waals surface area (Å²) < 4.78 is 24.3. The number of likely N-dealkylation sites (tertiary alicyclic amines) is 1. The number of nitrogens with zero attached hydrogens (tertiary/aromatic N) is 2. The molecule has 0 spiro atoms. The van der Waals surface area contributed by atoms with Gasteiger partial charge in [-0.25, -0.2) is 4.39 Å². The second-order valence-corrected chi connectivity index (χ2v) is 7.60. The maximum Gasteiger partial charge on any atom is 0.191 e. The van der Waals surface area contributed by atoms with Crippen LogP contribution < -0.4 is 20.1 Å². The standard InChI is InChI=1S/C23H31FN4O3/c1-25-23(26-12-16-4-5-22(24)18(8-16)15-29)27-19-6-7-28(14-19)13-17-9-20(30-2)11-21(10-17)31-3/h4-5,8-11,19,29H,6-7,12-15H2,1-3H3,(H2,25,26,27). The lowest BCUT2D eigenvalue weighted by Gasteiger charge is -2.19. The molecule has 3 N–H and O–H groups in total. The molecule has 2 aromatic rings. The minimum Gasteiger partial charge on any atom is -0.497 e. The molecule has 1 aliphatic rings. The molecule has 1 saturated heterocycles. The Bertz CT molecular complexity index is 884. The van der Waals surface area contributed by atoms with Crippen LogP contribution in [0.4, 0.5) is 4.39 Å². The predicted molar refractivity (Wildman–Crippen MR) is 119 cm³/mol. The molecule has 0 aliphatic carbocycles. The zero-order valence-corrected chi connectivity index (χ0v) is 18.3. The largest absolute Gasteiger partial charge is 0.497 e. The summed E-state index contributed by atoms with van der Waals surface area (Å²) in [5.41, 5.74) is 2.33. The quantitative estimate of drug-likeness (QED) is 0.441. The molecule has 0 radical (unpaired) electrons. The average molecular weight is 431 g/mol. The first kappa shape index (κ1) is 22.8. The number of ether oxygens (including phenoxy) is 2. The summed E-state index contributed by atoms with van der Waals surface area (Å²) in [4.78, 5) is 6.68. The molecule has 1 aliphatic heterocycles. The molecule has 0 amide bonds. The lowest BCUT2D eigenvalue weighted by atomic mass is 10.1. The van der Waals surface area contributed by atoms with Gasteiger partial charge in [-0.2, -0.15) is 0 Å². The van der Waals surface area contributed by atoms with E-state index in [0.29, 0.717) is 18.1 Å². The maximum absolute atomic E-state index is 13.5. The lowest BCUT2D eigenvalue weighted by molar-refractivity contribution is 0.275. The Balaban J connectivity index is 1.51. The highest BCUT2D eigenvalue weighted by Crippen LogP contribution is 2.24. The van der Waals surface area contributed by atoms with Crippen molar-refractivity contribution < 1.29 is 19.0 Å². The highest BCUT2D eigenvalue weighted by atomic mass is 19.1. The first-order chi connectivity index (χ1) is 15.0. The summed E-state index contributed by atoms with van der Waals surface area (Å²) in [5.74, 6) is 1.88. The number of halogens is 1. The van der Waals surface area contributed by atoms with Crippen molar-refractivity contribution in [1.29, 1.82) is 0 Å². The molecule has 31 heavy (non-hydrogen) atoms. The number of aliphatic hydroxyl groups excluding tert-OH is 1. The minimum atomic E-state index is -0.395. The molecule has 1 fully saturated rings. The fourth-order valence-electron chi connectivity index (χ4n) is 3.74. The Kier molecular flexibility index (Phi) is 8.08. The van der Waals surface area contributed by atoms with E-state index in [1.807, 2.05) is 18.2 Å². The minimum absolute atomic E-state index is 0.278. The monoisotopic (exact) mass is 430 g/mol. The van der Waals surface area contributed by atoms with Gasteiger partial charge in [-0.3, -0.25) is 9.89 Å². The van der Waals surface area contributed by atoms with Crippen molar-refractivity contribution >= 4 is 5.96 Å². The van der Waals surface area contributed by atoms with Crippen molar-refractivity contribution in [2.24, 2.45) is 4.99 Å². The number of hydrogen-bond donors (Lipinski definition) is 3. The van der Waals surface area contributed by atoms with Gasteiger partial charge in [0, 0.05) is 50.9 Å². The summed E-state index contributed by atoms with van der Waals surface area (Å²) in [6.07, 6.45) is 1.01. The van der Waals surface area contributed by atoms with E-state index < -0.39 is 5.82 Å². The molecular weight excluding hydrogens is 399 g/mol. The number of guanidine groups is 1. The summed E-state index contributed by atoms with van der Waals surface area (Å²) in [6.45, 7) is 2.87. The maximum atomic E-state index is 13.5. The van der Waals surface area contributed by atoms with Crippen LogP contribution in [0.5, 0.6) is 11.5 Å². The zero-order chi connectivity index (χ0) is 22.2. The van der Waals surface area contributed by atoms with Crippen molar-refractivity contribution in [1.82, 2.24) is 15.5 Å². The molecule has 1 atom stereocenters. The van der Waals surface area contributed by atoms with E-state index >= 15 is 0 Å². The van der Waals surface area contributed by atoms with Gasteiger partial charge in [0.1, 0.15) is 17.3 Å². The van der Waals surface area contributed by atoms with Crippen LogP contribution in [0.1, 0.15) is 23.1 Å². The number of hydrogen-bond acceptors (Lipinski definition) is 5. The first-order valence-electron chi connectivity index (χ1n) is 10.3. The number of methoxy groups -OCH3 is 2. The molecule has 0 saturated carbocycles. The number of benzene rings is 2. The molecule has 0 bridgehead atoms. The zero-order valence-electron chi connectivity index (χ0n) is 18.3. The highest BCUT2D eigenvalue weighted by Gasteiger charge is 2.23. The first-order valence-corrected chi connectivity index (χ1v) is 10.3. The number of aliphatic imine (C=N–C) groups is 1. The summed E-state index contributed by atoms with van der Waals surface area (Å²) >= 11 is 0. The smallest absolute Gasteiger partial charge is 0.191 e. The van der Waals surface area contributed by atoms with E-state index in [-0.39, 0.29) is 12.6 Å². The van der Waals surface area contributed by atoms with Gasteiger partial charge in [-0.15, -0.1) is 0 Å². The van der Waals surface area contributed by atoms with Crippen LogP contribution >= 0.6 is 0 Å². The molecule has 168 valence electrons. The van der Waals surface area contributed by atoms with Gasteiger partial charge in [0.25, 0.3) is 0 Å². The Morgan fingerprint density at radius 1 is 1.16 bits per heavy atom. The Morgan fingerprint density at radius 3 is 2.55 bits per heavy atom. The van der Waals surface area contributed by atoms with Gasteiger partial charge in [0.15, 0.2) is 5.96 Å². The Hall–Kier alpha value is -2.84. The van der Waals surface area contributed by atoms with Gasteiger partial charge in [0.2, 0.25) is 0 Å². The van der Waals surface area contributed by atoms with Gasteiger partial charge >= 0.3 is 0 Å². The van der Waals surface area contributed by atoms with Gasteiger partial charge in [-0.1, -0.05) is 6.07 Å². The van der Waals surface area contributed by atoms with E-state index in [2.05, 4.69) is 20.5 Å². The van der Waals surface area contributed by atoms with E-state index in [0.717, 1.165) is 48.7 Å². The van der Waals surface area contributed by atoms with E-state index in [1.165, 1.54) is 6.07 Å². The van der Waals surface area contributed by atoms with Crippen LogP contribution in [0.25, 0.3) is 0 Å². The van der Waals surface area contributed by atoms with Crippen LogP contribution in [-0.4, -0.2) is 56.4 Å². The third-order valence-electron chi connectivity index (χ3n) is 5.39. The fourth-order valence-corrected chi connectivity index (χ4v) is 3.74. The second kappa shape index (κ2) is 11.0. The van der Waals surface area contributed by atoms with Crippen LogP contribution in [0.3, 0.4) is 0 Å². The van der Waals surface area contributed by atoms with Gasteiger partial charge < -0.3 is 25.2 Å². The summed E-state index contributed by atoms with van der Waals surface area (Å²) in [5, 5.41) is 16.0. The Labute approximate surface area is 182 Å². The normalized spacial score (nSPS) is 16.9. The molecular formula is C23H31FN4O3. The van der Waals surface area contributed by atoms with E-state index in [4.69, 9.17) is 9.47 Å². The summed E-state index contributed by atoms with van der Waals surface area (Å²) in [7, 11) is 5.04. The summed E-state index contributed by atoms with van der Waals surface area (Å²) in [6, 6.07) is 11.0. The van der Waals surface area contributed by atoms with Crippen molar-refractivity contribution in [3.63, 3.8) is 0 Å². The van der Waals surface area contributed by atoms with Crippen LogP contribution in [-0.2, 0) is 19.7 Å². The third-order valence-corrected chi connectivity index (χ3v) is 5.39. The van der Waals surface area contributed by atoms with Gasteiger partial charge in [0.05, 0.1) is 20.8 Å². The van der Waals surface area contributed by atoms with Crippen LogP contribution in [0.15, 0.2) is 41.4 Å². The molecule has 2 aromatic carbocycles. The molecule has 1 unspecified atom stereocenters. The number of nitrogens with one attached hydrogen (secondary N) is 2. The highest BCUT2D eigenvalue weighted by molar-refractivity contribution is 5.80. The Morgan fingerprint density at radius 2 is 1.90 bits per heavy atom. The lowest BCUT2D eigenvalue weighted by Crippen LogP contribution is -2.44. The molecule has 0 aromatic heterocycles. The third kappa shape index (κ3) is 6.32. The van der Waals surface area contributed by atoms with Gasteiger partial charge in [-0.05, 0) is 41.8 Å². The molecule has 1 heterocycles. The SMILES string of the molecule is CN=C(NCc1ccc(F)c(CO)c1)NC1CCN(Cc2cc(OC)cc(OC)c2)C1. The van der Waals surface area contributed by atoms with E-state index in [1.54, 1.807) is 33.4 Å². The number of rotatable bonds is 8. The predicted octanol–water partition coefficient (Wildman–Crippen LogP) is 2.27. The van der Waals surface area contributed by atoms with Crippen molar-refractivity contribution in [3.05, 3.63) is 58.9 Å². The van der Waals surface area contributed by atoms with Crippen molar-refractivity contribution in [2.75, 3.05) is 34.4 Å². The van der Waals surface area contributed by atoms with Crippen LogP contribution in [0, 0.1) is 5.82 Å². The average Bonchev–Trinajstić information content (AvgIpc) is 3.23. The molecule has 8 heteroatoms. The second-order valence-electron chi connectivity index (χ2n) is 7.60. The van der Waals surface area contributed by atoms with E-state index in [9.17, 15) is 9.50 Å². The van der Waals surface area contributed by atoms with Crippen molar-refractivity contribution in [3.8, 4) is 11.5 Å².